The van der Waals surface area contributed by atoms with Gasteiger partial charge in [-0.25, -0.2) is 0 Å². The summed E-state index contributed by atoms with van der Waals surface area (Å²) in [6, 6.07) is 8.57. The fourth-order valence-electron chi connectivity index (χ4n) is 1.55. The molecule has 1 aromatic carbocycles. The largest absolute Gasteiger partial charge is 0.350 e. The summed E-state index contributed by atoms with van der Waals surface area (Å²) in [5.41, 5.74) is 1.31. The van der Waals surface area contributed by atoms with Crippen molar-refractivity contribution in [3.8, 4) is 0 Å². The summed E-state index contributed by atoms with van der Waals surface area (Å²) in [7, 11) is 0. The first-order chi connectivity index (χ1) is 7.34. The van der Waals surface area contributed by atoms with Crippen LogP contribution in [0.25, 0.3) is 0 Å². The van der Waals surface area contributed by atoms with Gasteiger partial charge < -0.3 is 9.47 Å². The van der Waals surface area contributed by atoms with E-state index in [-0.39, 0.29) is 6.29 Å². The van der Waals surface area contributed by atoms with Gasteiger partial charge in [0.2, 0.25) is 0 Å². The molecule has 0 amide bonds. The summed E-state index contributed by atoms with van der Waals surface area (Å²) in [4.78, 5) is 1.33. The second-order valence-corrected chi connectivity index (χ2v) is 4.79. The van der Waals surface area contributed by atoms with Crippen molar-refractivity contribution in [1.82, 2.24) is 0 Å². The monoisotopic (exact) mass is 224 g/mol. The van der Waals surface area contributed by atoms with E-state index in [0.717, 1.165) is 25.4 Å². The van der Waals surface area contributed by atoms with E-state index in [1.54, 1.807) is 0 Å². The second-order valence-electron chi connectivity index (χ2n) is 3.62. The number of aryl methyl sites for hydroxylation is 1. The molecule has 0 atom stereocenters. The van der Waals surface area contributed by atoms with Crippen LogP contribution in [0.2, 0.25) is 0 Å². The molecule has 1 aliphatic rings. The summed E-state index contributed by atoms with van der Waals surface area (Å²) in [6.07, 6.45) is 1.00. The van der Waals surface area contributed by atoms with Gasteiger partial charge in [0.15, 0.2) is 6.29 Å². The quantitative estimate of drug-likeness (QED) is 0.733. The molecular weight excluding hydrogens is 208 g/mol. The molecule has 0 aliphatic carbocycles. The molecule has 0 N–H and O–H groups in total. The molecule has 0 spiro atoms. The molecule has 0 aromatic heterocycles. The van der Waals surface area contributed by atoms with Crippen molar-refractivity contribution in [3.63, 3.8) is 0 Å². The minimum absolute atomic E-state index is 0.0299. The highest BCUT2D eigenvalue weighted by molar-refractivity contribution is 7.99. The third-order valence-electron chi connectivity index (χ3n) is 2.30. The Morgan fingerprint density at radius 3 is 2.87 bits per heavy atom. The van der Waals surface area contributed by atoms with Crippen molar-refractivity contribution in [1.29, 1.82) is 0 Å². The predicted octanol–water partition coefficient (Wildman–Crippen LogP) is 2.85. The van der Waals surface area contributed by atoms with Gasteiger partial charge in [-0.3, -0.25) is 0 Å². The average Bonchev–Trinajstić information content (AvgIpc) is 2.71. The van der Waals surface area contributed by atoms with Crippen LogP contribution in [0, 0.1) is 6.92 Å². The normalized spacial score (nSPS) is 17.1. The van der Waals surface area contributed by atoms with E-state index < -0.39 is 0 Å². The lowest BCUT2D eigenvalue weighted by Crippen LogP contribution is -2.08. The van der Waals surface area contributed by atoms with Gasteiger partial charge in [0.1, 0.15) is 0 Å². The van der Waals surface area contributed by atoms with Crippen molar-refractivity contribution in [2.75, 3.05) is 19.0 Å². The topological polar surface area (TPSA) is 18.5 Å². The summed E-state index contributed by atoms with van der Waals surface area (Å²) in [5.74, 6) is 1.05. The molecular formula is C12H16O2S. The van der Waals surface area contributed by atoms with Gasteiger partial charge in [-0.05, 0) is 19.1 Å². The zero-order valence-corrected chi connectivity index (χ0v) is 9.76. The molecule has 1 heterocycles. The van der Waals surface area contributed by atoms with Crippen molar-refractivity contribution < 1.29 is 9.47 Å². The highest BCUT2D eigenvalue weighted by atomic mass is 32.2. The highest BCUT2D eigenvalue weighted by Crippen LogP contribution is 2.21. The van der Waals surface area contributed by atoms with Gasteiger partial charge in [-0.1, -0.05) is 17.7 Å². The van der Waals surface area contributed by atoms with E-state index in [1.807, 2.05) is 11.8 Å². The van der Waals surface area contributed by atoms with Crippen LogP contribution in [0.4, 0.5) is 0 Å². The Kier molecular flexibility index (Phi) is 4.06. The van der Waals surface area contributed by atoms with Crippen LogP contribution in [0.1, 0.15) is 12.0 Å². The Morgan fingerprint density at radius 1 is 1.33 bits per heavy atom. The maximum atomic E-state index is 5.38. The van der Waals surface area contributed by atoms with Gasteiger partial charge in [-0.2, -0.15) is 0 Å². The van der Waals surface area contributed by atoms with Gasteiger partial charge in [0.25, 0.3) is 0 Å². The third kappa shape index (κ3) is 3.52. The maximum absolute atomic E-state index is 5.38. The summed E-state index contributed by atoms with van der Waals surface area (Å²) in [6.45, 7) is 3.62. The molecule has 1 aromatic rings. The molecule has 1 aliphatic heterocycles. The summed E-state index contributed by atoms with van der Waals surface area (Å²) >= 11 is 1.86. The first-order valence-corrected chi connectivity index (χ1v) is 6.26. The third-order valence-corrected chi connectivity index (χ3v) is 3.33. The number of rotatable bonds is 4. The van der Waals surface area contributed by atoms with Crippen LogP contribution in [0.3, 0.4) is 0 Å². The van der Waals surface area contributed by atoms with E-state index in [0.29, 0.717) is 0 Å². The second kappa shape index (κ2) is 5.54. The van der Waals surface area contributed by atoms with Crippen LogP contribution >= 0.6 is 11.8 Å². The molecule has 3 heteroatoms. The zero-order chi connectivity index (χ0) is 10.5. The number of hydrogen-bond donors (Lipinski definition) is 0. The lowest BCUT2D eigenvalue weighted by molar-refractivity contribution is -0.0421. The first-order valence-electron chi connectivity index (χ1n) is 5.27. The van der Waals surface area contributed by atoms with E-state index in [4.69, 9.17) is 9.47 Å². The molecule has 1 saturated heterocycles. The fourth-order valence-corrected chi connectivity index (χ4v) is 2.54. The lowest BCUT2D eigenvalue weighted by Gasteiger charge is -2.08. The number of thioether (sulfide) groups is 1. The lowest BCUT2D eigenvalue weighted by atomic mass is 10.2. The molecule has 2 rings (SSSR count). The zero-order valence-electron chi connectivity index (χ0n) is 8.94. The van der Waals surface area contributed by atoms with Gasteiger partial charge in [0, 0.05) is 17.1 Å². The maximum Gasteiger partial charge on any atom is 0.158 e. The smallest absolute Gasteiger partial charge is 0.158 e. The van der Waals surface area contributed by atoms with Gasteiger partial charge >= 0.3 is 0 Å². The Bertz CT molecular complexity index is 308. The van der Waals surface area contributed by atoms with Crippen molar-refractivity contribution in [2.45, 2.75) is 24.5 Å². The highest BCUT2D eigenvalue weighted by Gasteiger charge is 2.14. The standard InChI is InChI=1S/C12H16O2S/c1-10-3-2-4-11(9-10)15-8-5-12-13-6-7-14-12/h2-4,9,12H,5-8H2,1H3. The van der Waals surface area contributed by atoms with E-state index in [9.17, 15) is 0 Å². The van der Waals surface area contributed by atoms with Crippen LogP contribution < -0.4 is 0 Å². The van der Waals surface area contributed by atoms with Crippen LogP contribution in [0.15, 0.2) is 29.2 Å². The van der Waals surface area contributed by atoms with Crippen LogP contribution in [-0.4, -0.2) is 25.3 Å². The molecule has 82 valence electrons. The molecule has 0 bridgehead atoms. The summed E-state index contributed by atoms with van der Waals surface area (Å²) in [5, 5.41) is 0. The predicted molar refractivity (Wildman–Crippen MR) is 62.2 cm³/mol. The first kappa shape index (κ1) is 11.0. The average molecular weight is 224 g/mol. The van der Waals surface area contributed by atoms with Crippen molar-refractivity contribution in [3.05, 3.63) is 29.8 Å². The van der Waals surface area contributed by atoms with Crippen molar-refractivity contribution >= 4 is 11.8 Å². The van der Waals surface area contributed by atoms with E-state index >= 15 is 0 Å². The molecule has 15 heavy (non-hydrogen) atoms. The van der Waals surface area contributed by atoms with Crippen molar-refractivity contribution in [2.24, 2.45) is 0 Å². The summed E-state index contributed by atoms with van der Waals surface area (Å²) < 4.78 is 10.8. The molecule has 1 fully saturated rings. The van der Waals surface area contributed by atoms with Crippen LogP contribution in [-0.2, 0) is 9.47 Å². The minimum Gasteiger partial charge on any atom is -0.350 e. The van der Waals surface area contributed by atoms with Gasteiger partial charge in [-0.15, -0.1) is 11.8 Å². The molecule has 0 radical (unpaired) electrons. The Morgan fingerprint density at radius 2 is 2.13 bits per heavy atom. The SMILES string of the molecule is Cc1cccc(SCCC2OCCO2)c1. The Balaban J connectivity index is 1.73. The fraction of sp³-hybridized carbons (Fsp3) is 0.500. The molecule has 0 saturated carbocycles. The van der Waals surface area contributed by atoms with E-state index in [2.05, 4.69) is 31.2 Å². The van der Waals surface area contributed by atoms with Crippen LogP contribution in [0.5, 0.6) is 0 Å². The minimum atomic E-state index is 0.0299. The molecule has 0 unspecified atom stereocenters. The van der Waals surface area contributed by atoms with E-state index in [1.165, 1.54) is 10.5 Å². The number of hydrogen-bond acceptors (Lipinski definition) is 3. The number of ether oxygens (including phenoxy) is 2. The number of benzene rings is 1. The Hall–Kier alpha value is -0.510. The van der Waals surface area contributed by atoms with Gasteiger partial charge in [0.05, 0.1) is 13.2 Å². The molecule has 2 nitrogen and oxygen atoms in total. The Labute approximate surface area is 95.0 Å².